The number of pyridine rings is 1. The van der Waals surface area contributed by atoms with Crippen LogP contribution in [-0.4, -0.2) is 33.1 Å². The maximum absolute atomic E-state index is 12.3. The van der Waals surface area contributed by atoms with E-state index < -0.39 is 5.60 Å². The van der Waals surface area contributed by atoms with Crippen molar-refractivity contribution in [2.45, 2.75) is 45.3 Å². The molecule has 1 N–H and O–H groups in total. The van der Waals surface area contributed by atoms with Crippen LogP contribution in [0.25, 0.3) is 10.9 Å². The van der Waals surface area contributed by atoms with Gasteiger partial charge in [0.2, 0.25) is 0 Å². The first-order valence-corrected chi connectivity index (χ1v) is 7.36. The zero-order valence-corrected chi connectivity index (χ0v) is 12.7. The molecule has 0 radical (unpaired) electrons. The van der Waals surface area contributed by atoms with Crippen LogP contribution in [0.2, 0.25) is 0 Å². The monoisotopic (exact) mass is 287 g/mol. The molecule has 1 aliphatic rings. The predicted molar refractivity (Wildman–Crippen MR) is 81.0 cm³/mol. The number of carbonyl (C=O) groups excluding carboxylic acids is 1. The van der Waals surface area contributed by atoms with Crippen molar-refractivity contribution in [2.75, 3.05) is 6.54 Å². The molecule has 1 fully saturated rings. The van der Waals surface area contributed by atoms with Crippen molar-refractivity contribution in [3.05, 3.63) is 30.2 Å². The third-order valence-corrected chi connectivity index (χ3v) is 3.68. The minimum atomic E-state index is -0.464. The zero-order valence-electron chi connectivity index (χ0n) is 12.7. The van der Waals surface area contributed by atoms with E-state index in [0.717, 1.165) is 36.0 Å². The number of amides is 1. The summed E-state index contributed by atoms with van der Waals surface area (Å²) in [6.45, 7) is 6.42. The fraction of sp³-hybridized carbons (Fsp3) is 0.500. The van der Waals surface area contributed by atoms with Gasteiger partial charge < -0.3 is 9.72 Å². The Morgan fingerprint density at radius 2 is 2.29 bits per heavy atom. The van der Waals surface area contributed by atoms with Crippen molar-refractivity contribution in [1.29, 1.82) is 0 Å². The van der Waals surface area contributed by atoms with Gasteiger partial charge in [0.25, 0.3) is 0 Å². The second-order valence-corrected chi connectivity index (χ2v) is 6.52. The van der Waals surface area contributed by atoms with Gasteiger partial charge in [0.1, 0.15) is 5.60 Å². The number of hydrogen-bond donors (Lipinski definition) is 1. The van der Waals surface area contributed by atoms with Crippen LogP contribution in [0, 0.1) is 0 Å². The summed E-state index contributed by atoms with van der Waals surface area (Å²) in [6.07, 6.45) is 5.32. The average Bonchev–Trinajstić information content (AvgIpc) is 3.02. The highest BCUT2D eigenvalue weighted by Gasteiger charge is 2.33. The second kappa shape index (κ2) is 5.06. The highest BCUT2D eigenvalue weighted by Crippen LogP contribution is 2.34. The molecule has 1 saturated heterocycles. The van der Waals surface area contributed by atoms with Gasteiger partial charge in [0.05, 0.1) is 6.04 Å². The van der Waals surface area contributed by atoms with Gasteiger partial charge in [0.15, 0.2) is 0 Å². The molecule has 0 saturated carbocycles. The van der Waals surface area contributed by atoms with Gasteiger partial charge in [-0.2, -0.15) is 0 Å². The number of aromatic nitrogens is 2. The van der Waals surface area contributed by atoms with Crippen molar-refractivity contribution in [3.8, 4) is 0 Å². The first-order valence-electron chi connectivity index (χ1n) is 7.36. The zero-order chi connectivity index (χ0) is 15.0. The molecule has 1 aliphatic heterocycles. The normalized spacial score (nSPS) is 19.2. The molecular formula is C16H21N3O2. The minimum absolute atomic E-state index is 0.0623. The lowest BCUT2D eigenvalue weighted by atomic mass is 10.1. The topological polar surface area (TPSA) is 58.2 Å². The number of H-pyrrole nitrogens is 1. The number of rotatable bonds is 1. The number of nitrogens with one attached hydrogen (secondary N) is 1. The van der Waals surface area contributed by atoms with Crippen molar-refractivity contribution < 1.29 is 9.53 Å². The van der Waals surface area contributed by atoms with Crippen molar-refractivity contribution in [1.82, 2.24) is 14.9 Å². The lowest BCUT2D eigenvalue weighted by molar-refractivity contribution is 0.0222. The largest absolute Gasteiger partial charge is 0.444 e. The maximum atomic E-state index is 12.3. The van der Waals surface area contributed by atoms with Gasteiger partial charge in [-0.05, 0) is 45.7 Å². The molecule has 2 aromatic rings. The first-order chi connectivity index (χ1) is 9.94. The smallest absolute Gasteiger partial charge is 0.410 e. The van der Waals surface area contributed by atoms with Crippen molar-refractivity contribution in [3.63, 3.8) is 0 Å². The van der Waals surface area contributed by atoms with E-state index >= 15 is 0 Å². The molecule has 3 heterocycles. The quantitative estimate of drug-likeness (QED) is 0.871. The summed E-state index contributed by atoms with van der Waals surface area (Å²) in [7, 11) is 0. The van der Waals surface area contributed by atoms with Crippen LogP contribution in [0.3, 0.4) is 0 Å². The highest BCUT2D eigenvalue weighted by atomic mass is 16.6. The van der Waals surface area contributed by atoms with E-state index in [0.29, 0.717) is 0 Å². The SMILES string of the molecule is CC(C)(C)OC(=O)N1CCCC1c1cc2cnccc2[nH]1. The molecule has 21 heavy (non-hydrogen) atoms. The summed E-state index contributed by atoms with van der Waals surface area (Å²) < 4.78 is 5.51. The molecule has 0 aromatic carbocycles. The van der Waals surface area contributed by atoms with Gasteiger partial charge in [-0.1, -0.05) is 0 Å². The van der Waals surface area contributed by atoms with Crippen LogP contribution in [0.1, 0.15) is 45.3 Å². The molecule has 3 rings (SSSR count). The lowest BCUT2D eigenvalue weighted by Gasteiger charge is -2.28. The number of ether oxygens (including phenoxy) is 1. The van der Waals surface area contributed by atoms with Gasteiger partial charge in [-0.3, -0.25) is 9.88 Å². The molecule has 112 valence electrons. The van der Waals surface area contributed by atoms with Gasteiger partial charge in [-0.25, -0.2) is 4.79 Å². The van der Waals surface area contributed by atoms with E-state index in [9.17, 15) is 4.79 Å². The van der Waals surface area contributed by atoms with Crippen LogP contribution in [0.5, 0.6) is 0 Å². The summed E-state index contributed by atoms with van der Waals surface area (Å²) in [5.74, 6) is 0. The molecule has 2 aromatic heterocycles. The first kappa shape index (κ1) is 13.9. The molecule has 5 heteroatoms. The molecule has 1 unspecified atom stereocenters. The van der Waals surface area contributed by atoms with Gasteiger partial charge >= 0.3 is 6.09 Å². The molecule has 1 atom stereocenters. The second-order valence-electron chi connectivity index (χ2n) is 6.52. The van der Waals surface area contributed by atoms with E-state index in [1.165, 1.54) is 0 Å². The number of hydrogen-bond acceptors (Lipinski definition) is 3. The fourth-order valence-corrected chi connectivity index (χ4v) is 2.80. The Kier molecular flexibility index (Phi) is 3.35. The standard InChI is InChI=1S/C16H21N3O2/c1-16(2,3)21-15(20)19-8-4-5-14(19)13-9-11-10-17-7-6-12(11)18-13/h6-7,9-10,14,18H,4-5,8H2,1-3H3. The minimum Gasteiger partial charge on any atom is -0.444 e. The van der Waals surface area contributed by atoms with Gasteiger partial charge in [-0.15, -0.1) is 0 Å². The summed E-state index contributed by atoms with van der Waals surface area (Å²) in [5.41, 5.74) is 1.65. The fourth-order valence-electron chi connectivity index (χ4n) is 2.80. The molecule has 1 amide bonds. The molecular weight excluding hydrogens is 266 g/mol. The van der Waals surface area contributed by atoms with Crippen LogP contribution < -0.4 is 0 Å². The summed E-state index contributed by atoms with van der Waals surface area (Å²) >= 11 is 0. The van der Waals surface area contributed by atoms with Crippen LogP contribution in [0.4, 0.5) is 4.79 Å². The number of aromatic amines is 1. The molecule has 0 bridgehead atoms. The lowest BCUT2D eigenvalue weighted by Crippen LogP contribution is -2.36. The number of carbonyl (C=O) groups is 1. The third kappa shape index (κ3) is 2.86. The Bertz CT molecular complexity index is 624. The maximum Gasteiger partial charge on any atom is 0.410 e. The number of nitrogens with zero attached hydrogens (tertiary/aromatic N) is 2. The Morgan fingerprint density at radius 1 is 1.48 bits per heavy atom. The summed E-state index contributed by atoms with van der Waals surface area (Å²) in [4.78, 5) is 21.7. The van der Waals surface area contributed by atoms with Crippen LogP contribution >= 0.6 is 0 Å². The third-order valence-electron chi connectivity index (χ3n) is 3.68. The summed E-state index contributed by atoms with van der Waals surface area (Å²) in [5, 5.41) is 1.07. The van der Waals surface area contributed by atoms with E-state index in [2.05, 4.69) is 16.0 Å². The van der Waals surface area contributed by atoms with E-state index in [-0.39, 0.29) is 12.1 Å². The number of likely N-dealkylation sites (tertiary alicyclic amines) is 1. The molecule has 0 spiro atoms. The molecule has 5 nitrogen and oxygen atoms in total. The Hall–Kier alpha value is -2.04. The molecule has 0 aliphatic carbocycles. The Labute approximate surface area is 124 Å². The highest BCUT2D eigenvalue weighted by molar-refractivity contribution is 5.79. The Balaban J connectivity index is 1.85. The van der Waals surface area contributed by atoms with Gasteiger partial charge in [0, 0.05) is 35.5 Å². The number of fused-ring (bicyclic) bond motifs is 1. The van der Waals surface area contributed by atoms with E-state index in [1.807, 2.05) is 37.9 Å². The van der Waals surface area contributed by atoms with Crippen LogP contribution in [-0.2, 0) is 4.74 Å². The van der Waals surface area contributed by atoms with E-state index in [4.69, 9.17) is 4.74 Å². The average molecular weight is 287 g/mol. The summed E-state index contributed by atoms with van der Waals surface area (Å²) in [6, 6.07) is 4.09. The van der Waals surface area contributed by atoms with Crippen LogP contribution in [0.15, 0.2) is 24.5 Å². The predicted octanol–water partition coefficient (Wildman–Crippen LogP) is 3.63. The van der Waals surface area contributed by atoms with Crippen molar-refractivity contribution >= 4 is 17.0 Å². The van der Waals surface area contributed by atoms with E-state index in [1.54, 1.807) is 6.20 Å². The van der Waals surface area contributed by atoms with Crippen molar-refractivity contribution in [2.24, 2.45) is 0 Å². The Morgan fingerprint density at radius 3 is 3.00 bits per heavy atom.